The van der Waals surface area contributed by atoms with Crippen LogP contribution in [0.25, 0.3) is 0 Å². The Kier molecular flexibility index (Phi) is 6.41. The Bertz CT molecular complexity index is 843. The Balaban J connectivity index is 1.44. The third kappa shape index (κ3) is 5.39. The fraction of sp³-hybridized carbons (Fsp3) is 0.364. The quantitative estimate of drug-likeness (QED) is 0.864. The van der Waals surface area contributed by atoms with Gasteiger partial charge in [0.1, 0.15) is 5.82 Å². The van der Waals surface area contributed by atoms with Gasteiger partial charge in [0.2, 0.25) is 11.8 Å². The van der Waals surface area contributed by atoms with Gasteiger partial charge in [-0.05, 0) is 37.1 Å². The van der Waals surface area contributed by atoms with Crippen molar-refractivity contribution in [3.63, 3.8) is 0 Å². The zero-order chi connectivity index (χ0) is 20.1. The molecule has 0 bridgehead atoms. The number of carbonyl (C=O) groups excluding carboxylic acids is 2. The van der Waals surface area contributed by atoms with Crippen LogP contribution in [0.15, 0.2) is 42.5 Å². The maximum Gasteiger partial charge on any atom is 0.238 e. The molecule has 2 aromatic carbocycles. The maximum absolute atomic E-state index is 13.6. The van der Waals surface area contributed by atoms with Gasteiger partial charge in [0.25, 0.3) is 0 Å². The summed E-state index contributed by atoms with van der Waals surface area (Å²) in [6.07, 6.45) is 0.403. The predicted molar refractivity (Wildman–Crippen MR) is 108 cm³/mol. The Morgan fingerprint density at radius 2 is 1.68 bits per heavy atom. The van der Waals surface area contributed by atoms with Gasteiger partial charge < -0.3 is 10.2 Å². The number of hydrogen-bond donors (Lipinski definition) is 1. The molecule has 1 aliphatic heterocycles. The number of anilines is 1. The van der Waals surface area contributed by atoms with E-state index in [4.69, 9.17) is 0 Å². The fourth-order valence-electron chi connectivity index (χ4n) is 3.22. The van der Waals surface area contributed by atoms with Crippen molar-refractivity contribution < 1.29 is 14.0 Å². The molecule has 5 nitrogen and oxygen atoms in total. The van der Waals surface area contributed by atoms with Gasteiger partial charge in [-0.1, -0.05) is 35.9 Å². The summed E-state index contributed by atoms with van der Waals surface area (Å²) in [5, 5.41) is 2.73. The van der Waals surface area contributed by atoms with Crippen molar-refractivity contribution in [1.82, 2.24) is 9.80 Å². The van der Waals surface area contributed by atoms with Gasteiger partial charge in [-0.25, -0.2) is 4.39 Å². The number of rotatable bonds is 5. The van der Waals surface area contributed by atoms with Crippen molar-refractivity contribution in [2.75, 3.05) is 38.0 Å². The van der Waals surface area contributed by atoms with Crippen LogP contribution in [0.4, 0.5) is 10.1 Å². The molecule has 3 rings (SSSR count). The number of benzene rings is 2. The van der Waals surface area contributed by atoms with Crippen molar-refractivity contribution in [2.24, 2.45) is 0 Å². The highest BCUT2D eigenvalue weighted by Gasteiger charge is 2.22. The number of aryl methyl sites for hydroxylation is 2. The molecular weight excluding hydrogens is 357 g/mol. The van der Waals surface area contributed by atoms with Gasteiger partial charge >= 0.3 is 0 Å². The number of carbonyl (C=O) groups is 2. The summed E-state index contributed by atoms with van der Waals surface area (Å²) in [7, 11) is 0. The van der Waals surface area contributed by atoms with Crippen LogP contribution in [0.5, 0.6) is 0 Å². The lowest BCUT2D eigenvalue weighted by Crippen LogP contribution is -2.50. The first-order valence-corrected chi connectivity index (χ1v) is 9.52. The van der Waals surface area contributed by atoms with Crippen LogP contribution in [-0.4, -0.2) is 54.3 Å². The van der Waals surface area contributed by atoms with Gasteiger partial charge in [0.05, 0.1) is 13.0 Å². The molecule has 1 aliphatic rings. The van der Waals surface area contributed by atoms with Gasteiger partial charge in [-0.15, -0.1) is 0 Å². The molecule has 0 atom stereocenters. The molecule has 1 saturated heterocycles. The number of hydrogen-bond acceptors (Lipinski definition) is 3. The van der Waals surface area contributed by atoms with Crippen molar-refractivity contribution in [1.29, 1.82) is 0 Å². The summed E-state index contributed by atoms with van der Waals surface area (Å²) in [6.45, 7) is 6.45. The van der Waals surface area contributed by atoms with Crippen molar-refractivity contribution in [3.8, 4) is 0 Å². The molecule has 148 valence electrons. The molecule has 0 aromatic heterocycles. The first-order valence-electron chi connectivity index (χ1n) is 9.52. The standard InChI is InChI=1S/C22H26FN3O2/c1-16-3-6-18(7-4-16)13-22(28)26-11-9-25(10-12-26)15-21(27)24-19-8-5-17(2)20(23)14-19/h3-8,14H,9-13,15H2,1-2H3,(H,24,27). The highest BCUT2D eigenvalue weighted by atomic mass is 19.1. The van der Waals surface area contributed by atoms with Gasteiger partial charge in [-0.2, -0.15) is 0 Å². The van der Waals surface area contributed by atoms with Gasteiger partial charge in [0, 0.05) is 31.9 Å². The van der Waals surface area contributed by atoms with Crippen LogP contribution in [0.1, 0.15) is 16.7 Å². The van der Waals surface area contributed by atoms with Crippen LogP contribution in [0.2, 0.25) is 0 Å². The SMILES string of the molecule is Cc1ccc(CC(=O)N2CCN(CC(=O)Nc3ccc(C)c(F)c3)CC2)cc1. The summed E-state index contributed by atoms with van der Waals surface area (Å²) < 4.78 is 13.6. The monoisotopic (exact) mass is 383 g/mol. The molecule has 6 heteroatoms. The summed E-state index contributed by atoms with van der Waals surface area (Å²) in [4.78, 5) is 28.5. The van der Waals surface area contributed by atoms with E-state index in [2.05, 4.69) is 5.32 Å². The number of amides is 2. The third-order valence-corrected chi connectivity index (χ3v) is 5.02. The van der Waals surface area contributed by atoms with Gasteiger partial charge in [0.15, 0.2) is 0 Å². The van der Waals surface area contributed by atoms with Crippen molar-refractivity contribution in [3.05, 3.63) is 65.0 Å². The zero-order valence-electron chi connectivity index (χ0n) is 16.4. The minimum absolute atomic E-state index is 0.114. The summed E-state index contributed by atoms with van der Waals surface area (Å²) >= 11 is 0. The number of halogens is 1. The molecular formula is C22H26FN3O2. The normalized spacial score (nSPS) is 14.8. The zero-order valence-corrected chi connectivity index (χ0v) is 16.4. The largest absolute Gasteiger partial charge is 0.340 e. The topological polar surface area (TPSA) is 52.7 Å². The molecule has 2 aromatic rings. The summed E-state index contributed by atoms with van der Waals surface area (Å²) in [5.41, 5.74) is 3.20. The molecule has 1 N–H and O–H groups in total. The van der Waals surface area contributed by atoms with E-state index in [1.165, 1.54) is 11.6 Å². The predicted octanol–water partition coefficient (Wildman–Crippen LogP) is 2.77. The summed E-state index contributed by atoms with van der Waals surface area (Å²) in [6, 6.07) is 12.7. The lowest BCUT2D eigenvalue weighted by molar-refractivity contribution is -0.132. The first kappa shape index (κ1) is 20.0. The Labute approximate surface area is 165 Å². The fourth-order valence-corrected chi connectivity index (χ4v) is 3.22. The first-order chi connectivity index (χ1) is 13.4. The van der Waals surface area contributed by atoms with Crippen LogP contribution in [0, 0.1) is 19.7 Å². The van der Waals surface area contributed by atoms with Crippen LogP contribution in [0.3, 0.4) is 0 Å². The Hall–Kier alpha value is -2.73. The van der Waals surface area contributed by atoms with E-state index in [1.54, 1.807) is 19.1 Å². The van der Waals surface area contributed by atoms with Crippen LogP contribution < -0.4 is 5.32 Å². The average molecular weight is 383 g/mol. The minimum Gasteiger partial charge on any atom is -0.340 e. The summed E-state index contributed by atoms with van der Waals surface area (Å²) in [5.74, 6) is -0.399. The van der Waals surface area contributed by atoms with Crippen molar-refractivity contribution >= 4 is 17.5 Å². The second-order valence-electron chi connectivity index (χ2n) is 7.33. The van der Waals surface area contributed by atoms with E-state index in [1.807, 2.05) is 41.0 Å². The number of nitrogens with zero attached hydrogens (tertiary/aromatic N) is 2. The number of nitrogens with one attached hydrogen (secondary N) is 1. The maximum atomic E-state index is 13.6. The Morgan fingerprint density at radius 1 is 1.00 bits per heavy atom. The minimum atomic E-state index is -0.335. The van der Waals surface area contributed by atoms with E-state index < -0.39 is 0 Å². The molecule has 28 heavy (non-hydrogen) atoms. The smallest absolute Gasteiger partial charge is 0.238 e. The van der Waals surface area contributed by atoms with E-state index in [9.17, 15) is 14.0 Å². The highest BCUT2D eigenvalue weighted by molar-refractivity contribution is 5.92. The molecule has 0 unspecified atom stereocenters. The highest BCUT2D eigenvalue weighted by Crippen LogP contribution is 2.14. The van der Waals surface area contributed by atoms with Crippen molar-refractivity contribution in [2.45, 2.75) is 20.3 Å². The van der Waals surface area contributed by atoms with Crippen LogP contribution in [-0.2, 0) is 16.0 Å². The average Bonchev–Trinajstić information content (AvgIpc) is 2.67. The van der Waals surface area contributed by atoms with E-state index in [0.717, 1.165) is 5.56 Å². The van der Waals surface area contributed by atoms with Crippen LogP contribution >= 0.6 is 0 Å². The third-order valence-electron chi connectivity index (χ3n) is 5.02. The molecule has 2 amide bonds. The second kappa shape index (κ2) is 8.97. The lowest BCUT2D eigenvalue weighted by atomic mass is 10.1. The van der Waals surface area contributed by atoms with Gasteiger partial charge in [-0.3, -0.25) is 14.5 Å². The molecule has 0 spiro atoms. The molecule has 0 aliphatic carbocycles. The number of piperazine rings is 1. The van der Waals surface area contributed by atoms with E-state index in [0.29, 0.717) is 43.9 Å². The molecule has 1 heterocycles. The second-order valence-corrected chi connectivity index (χ2v) is 7.33. The molecule has 1 fully saturated rings. The van der Waals surface area contributed by atoms with E-state index >= 15 is 0 Å². The lowest BCUT2D eigenvalue weighted by Gasteiger charge is -2.34. The Morgan fingerprint density at radius 3 is 2.32 bits per heavy atom. The van der Waals surface area contributed by atoms with E-state index in [-0.39, 0.29) is 24.2 Å². The molecule has 0 radical (unpaired) electrons. The molecule has 0 saturated carbocycles.